The van der Waals surface area contributed by atoms with Crippen LogP contribution in [0.5, 0.6) is 0 Å². The molecule has 1 atom stereocenters. The van der Waals surface area contributed by atoms with Crippen LogP contribution in [0.1, 0.15) is 19.4 Å². The Bertz CT molecular complexity index is 492. The van der Waals surface area contributed by atoms with E-state index in [1.165, 1.54) is 0 Å². The first kappa shape index (κ1) is 17.5. The minimum atomic E-state index is -0.593. The lowest BCUT2D eigenvalue weighted by atomic mass is 10.1. The molecule has 6 heteroatoms. The van der Waals surface area contributed by atoms with Crippen molar-refractivity contribution in [2.45, 2.75) is 26.3 Å². The Hall–Kier alpha value is -1.59. The van der Waals surface area contributed by atoms with Gasteiger partial charge in [-0.15, -0.1) is 0 Å². The van der Waals surface area contributed by atoms with E-state index >= 15 is 0 Å². The summed E-state index contributed by atoms with van der Waals surface area (Å²) in [6.45, 7) is 4.14. The maximum atomic E-state index is 11.6. The summed E-state index contributed by atoms with van der Waals surface area (Å²) in [5.74, 6) is -0.507. The van der Waals surface area contributed by atoms with Crippen molar-refractivity contribution in [3.05, 3.63) is 34.9 Å². The highest BCUT2D eigenvalue weighted by atomic mass is 35.5. The third-order valence-corrected chi connectivity index (χ3v) is 3.30. The normalized spacial score (nSPS) is 12.0. The molecular weight excluding hydrogens is 290 g/mol. The van der Waals surface area contributed by atoms with Crippen molar-refractivity contribution in [1.29, 1.82) is 0 Å². The van der Waals surface area contributed by atoms with Gasteiger partial charge in [0, 0.05) is 11.6 Å². The van der Waals surface area contributed by atoms with Crippen LogP contribution in [0.3, 0.4) is 0 Å². The Balaban J connectivity index is 2.24. The predicted molar refractivity (Wildman–Crippen MR) is 84.0 cm³/mol. The second-order valence-electron chi connectivity index (χ2n) is 5.22. The zero-order valence-corrected chi connectivity index (χ0v) is 13.1. The molecule has 0 aliphatic rings. The van der Waals surface area contributed by atoms with Gasteiger partial charge >= 0.3 is 0 Å². The van der Waals surface area contributed by atoms with Crippen LogP contribution >= 0.6 is 11.6 Å². The quantitative estimate of drug-likeness (QED) is 0.705. The molecule has 116 valence electrons. The zero-order chi connectivity index (χ0) is 15.8. The van der Waals surface area contributed by atoms with Gasteiger partial charge in [-0.1, -0.05) is 37.6 Å². The molecule has 4 N–H and O–H groups in total. The van der Waals surface area contributed by atoms with Crippen molar-refractivity contribution in [2.24, 2.45) is 11.7 Å². The van der Waals surface area contributed by atoms with Gasteiger partial charge in [-0.3, -0.25) is 9.59 Å². The molecular formula is C15H22ClN3O2. The second-order valence-corrected chi connectivity index (χ2v) is 5.65. The summed E-state index contributed by atoms with van der Waals surface area (Å²) in [5.41, 5.74) is 6.73. The molecule has 0 aliphatic heterocycles. The van der Waals surface area contributed by atoms with Crippen LogP contribution in [0, 0.1) is 5.92 Å². The molecule has 21 heavy (non-hydrogen) atoms. The van der Waals surface area contributed by atoms with Crippen LogP contribution in [0.4, 0.5) is 0 Å². The van der Waals surface area contributed by atoms with Crippen LogP contribution in [0.2, 0.25) is 5.02 Å². The highest BCUT2D eigenvalue weighted by Gasteiger charge is 2.17. The fourth-order valence-electron chi connectivity index (χ4n) is 1.69. The number of hydrogen-bond donors (Lipinski definition) is 3. The summed E-state index contributed by atoms with van der Waals surface area (Å²) in [5, 5.41) is 5.94. The number of halogens is 1. The van der Waals surface area contributed by atoms with Crippen LogP contribution in [-0.4, -0.2) is 30.9 Å². The van der Waals surface area contributed by atoms with Crippen molar-refractivity contribution in [3.8, 4) is 0 Å². The van der Waals surface area contributed by atoms with E-state index in [2.05, 4.69) is 10.6 Å². The van der Waals surface area contributed by atoms with E-state index < -0.39 is 6.04 Å². The average molecular weight is 312 g/mol. The van der Waals surface area contributed by atoms with Crippen molar-refractivity contribution < 1.29 is 9.59 Å². The Morgan fingerprint density at radius 1 is 1.29 bits per heavy atom. The van der Waals surface area contributed by atoms with E-state index in [1.807, 2.05) is 32.0 Å². The maximum absolute atomic E-state index is 11.6. The van der Waals surface area contributed by atoms with Crippen LogP contribution in [-0.2, 0) is 16.0 Å². The molecule has 0 unspecified atom stereocenters. The minimum Gasteiger partial charge on any atom is -0.354 e. The number of amides is 2. The molecule has 0 saturated heterocycles. The Labute approximate surface area is 130 Å². The first-order chi connectivity index (χ1) is 9.90. The third kappa shape index (κ3) is 6.60. The van der Waals surface area contributed by atoms with Crippen LogP contribution < -0.4 is 16.4 Å². The van der Waals surface area contributed by atoms with Gasteiger partial charge in [0.05, 0.1) is 12.6 Å². The molecule has 0 saturated carbocycles. The predicted octanol–water partition coefficient (Wildman–Crippen LogP) is 1.10. The van der Waals surface area contributed by atoms with Gasteiger partial charge in [0.15, 0.2) is 0 Å². The fraction of sp³-hybridized carbons (Fsp3) is 0.467. The number of benzene rings is 1. The number of rotatable bonds is 7. The number of hydrogen-bond acceptors (Lipinski definition) is 3. The lowest BCUT2D eigenvalue weighted by Gasteiger charge is -2.15. The summed E-state index contributed by atoms with van der Waals surface area (Å²) in [6.07, 6.45) is 0.686. The summed E-state index contributed by atoms with van der Waals surface area (Å²) >= 11 is 5.88. The topological polar surface area (TPSA) is 84.2 Å². The fourth-order valence-corrected chi connectivity index (χ4v) is 1.90. The summed E-state index contributed by atoms with van der Waals surface area (Å²) < 4.78 is 0. The minimum absolute atomic E-state index is 0.0379. The van der Waals surface area contributed by atoms with E-state index in [0.29, 0.717) is 18.0 Å². The number of carbonyl (C=O) groups excluding carboxylic acids is 2. The molecule has 1 aromatic rings. The van der Waals surface area contributed by atoms with Crippen LogP contribution in [0.25, 0.3) is 0 Å². The van der Waals surface area contributed by atoms with Crippen molar-refractivity contribution in [2.75, 3.05) is 13.1 Å². The molecule has 5 nitrogen and oxygen atoms in total. The highest BCUT2D eigenvalue weighted by Crippen LogP contribution is 2.10. The molecule has 0 aliphatic carbocycles. The van der Waals surface area contributed by atoms with Crippen molar-refractivity contribution >= 4 is 23.4 Å². The molecule has 2 amide bonds. The van der Waals surface area contributed by atoms with Crippen LogP contribution in [0.15, 0.2) is 24.3 Å². The van der Waals surface area contributed by atoms with E-state index in [0.717, 1.165) is 5.56 Å². The van der Waals surface area contributed by atoms with E-state index in [-0.39, 0.29) is 24.3 Å². The number of nitrogens with one attached hydrogen (secondary N) is 2. The highest BCUT2D eigenvalue weighted by molar-refractivity contribution is 6.30. The first-order valence-electron chi connectivity index (χ1n) is 6.94. The molecule has 1 rings (SSSR count). The lowest BCUT2D eigenvalue weighted by Crippen LogP contribution is -2.47. The Kier molecular flexibility index (Phi) is 7.19. The molecule has 0 fully saturated rings. The molecule has 1 aromatic carbocycles. The third-order valence-electron chi connectivity index (χ3n) is 3.07. The van der Waals surface area contributed by atoms with Crippen molar-refractivity contribution in [3.63, 3.8) is 0 Å². The van der Waals surface area contributed by atoms with Gasteiger partial charge in [-0.05, 0) is 30.0 Å². The van der Waals surface area contributed by atoms with Gasteiger partial charge in [-0.25, -0.2) is 0 Å². The van der Waals surface area contributed by atoms with Gasteiger partial charge < -0.3 is 16.4 Å². The molecule has 0 spiro atoms. The van der Waals surface area contributed by atoms with Gasteiger partial charge in [0.2, 0.25) is 11.8 Å². The zero-order valence-electron chi connectivity index (χ0n) is 12.4. The van der Waals surface area contributed by atoms with Gasteiger partial charge in [0.25, 0.3) is 0 Å². The second kappa shape index (κ2) is 8.64. The smallest absolute Gasteiger partial charge is 0.239 e. The monoisotopic (exact) mass is 311 g/mol. The summed E-state index contributed by atoms with van der Waals surface area (Å²) in [7, 11) is 0. The molecule has 0 radical (unpaired) electrons. The standard InChI is InChI=1S/C15H22ClN3O2/c1-10(2)14(17)15(21)19-9-13(20)18-7-6-11-4-3-5-12(16)8-11/h3-5,8,10,14H,6-7,9,17H2,1-2H3,(H,18,20)(H,19,21)/t14-/m0/s1. The molecule has 0 aromatic heterocycles. The van der Waals surface area contributed by atoms with Crippen molar-refractivity contribution in [1.82, 2.24) is 10.6 Å². The van der Waals surface area contributed by atoms with E-state index in [9.17, 15) is 9.59 Å². The number of carbonyl (C=O) groups is 2. The Morgan fingerprint density at radius 2 is 2.00 bits per heavy atom. The molecule has 0 heterocycles. The lowest BCUT2D eigenvalue weighted by molar-refractivity contribution is -0.127. The Morgan fingerprint density at radius 3 is 2.62 bits per heavy atom. The van der Waals surface area contributed by atoms with E-state index in [1.54, 1.807) is 6.07 Å². The summed E-state index contributed by atoms with van der Waals surface area (Å²) in [4.78, 5) is 23.2. The number of nitrogens with two attached hydrogens (primary N) is 1. The SMILES string of the molecule is CC(C)[C@H](N)C(=O)NCC(=O)NCCc1cccc(Cl)c1. The summed E-state index contributed by atoms with van der Waals surface area (Å²) in [6, 6.07) is 6.88. The van der Waals surface area contributed by atoms with Gasteiger partial charge in [-0.2, -0.15) is 0 Å². The first-order valence-corrected chi connectivity index (χ1v) is 7.32. The molecule has 0 bridgehead atoms. The van der Waals surface area contributed by atoms with Gasteiger partial charge in [0.1, 0.15) is 0 Å². The van der Waals surface area contributed by atoms with E-state index in [4.69, 9.17) is 17.3 Å². The largest absolute Gasteiger partial charge is 0.354 e. The maximum Gasteiger partial charge on any atom is 0.239 e. The average Bonchev–Trinajstić information content (AvgIpc) is 2.44.